The van der Waals surface area contributed by atoms with Crippen molar-refractivity contribution in [1.29, 1.82) is 0 Å². The highest BCUT2D eigenvalue weighted by Crippen LogP contribution is 2.58. The maximum atomic E-state index is 14.3. The second-order valence-electron chi connectivity index (χ2n) is 10.1. The normalized spacial score (nSPS) is 28.1. The molecule has 3 fully saturated rings. The first-order valence-electron chi connectivity index (χ1n) is 12.9. The monoisotopic (exact) mass is 511 g/mol. The van der Waals surface area contributed by atoms with Gasteiger partial charge < -0.3 is 24.7 Å². The van der Waals surface area contributed by atoms with Crippen molar-refractivity contribution >= 4 is 28.8 Å². The maximum absolute atomic E-state index is 14.3. The number of fused-ring (bicyclic) bond motifs is 2. The molecule has 37 heavy (non-hydrogen) atoms. The fraction of sp³-hybridized carbons (Fsp3) is 0.577. The second kappa shape index (κ2) is 10.2. The largest absolute Gasteiger partial charge is 0.481 e. The first-order valence-corrected chi connectivity index (χ1v) is 12.9. The summed E-state index contributed by atoms with van der Waals surface area (Å²) in [5.41, 5.74) is 0.319. The van der Waals surface area contributed by atoms with Gasteiger partial charge in [-0.15, -0.1) is 11.7 Å². The molecule has 0 aliphatic carbocycles. The molecule has 2 N–H and O–H groups in total. The number of carboxylic acids is 1. The van der Waals surface area contributed by atoms with Crippen LogP contribution in [0.3, 0.4) is 0 Å². The number of aromatic nitrogens is 3. The number of carbonyl (C=O) groups is 3. The molecule has 198 valence electrons. The van der Waals surface area contributed by atoms with Crippen molar-refractivity contribution in [3.8, 4) is 0 Å². The van der Waals surface area contributed by atoms with Gasteiger partial charge in [0.2, 0.25) is 11.8 Å². The third kappa shape index (κ3) is 4.19. The van der Waals surface area contributed by atoms with E-state index in [0.29, 0.717) is 37.7 Å². The molecule has 3 aliphatic heterocycles. The Hall–Kier alpha value is -3.31. The third-order valence-electron chi connectivity index (χ3n) is 8.01. The lowest BCUT2D eigenvalue weighted by Crippen LogP contribution is -2.56. The highest BCUT2D eigenvalue weighted by molar-refractivity contribution is 5.98. The quantitative estimate of drug-likeness (QED) is 0.322. The molecular formula is C26H33N5O6. The number of carbonyl (C=O) groups excluding carboxylic acids is 2. The number of aliphatic carboxylic acids is 1. The summed E-state index contributed by atoms with van der Waals surface area (Å²) in [7, 11) is 0. The Balaban J connectivity index is 1.46. The van der Waals surface area contributed by atoms with E-state index in [2.05, 4.69) is 16.9 Å². The predicted octanol–water partition coefficient (Wildman–Crippen LogP) is 1.42. The van der Waals surface area contributed by atoms with Crippen molar-refractivity contribution in [3.63, 3.8) is 0 Å². The highest BCUT2D eigenvalue weighted by Gasteiger charge is 2.74. The molecule has 2 amide bonds. The van der Waals surface area contributed by atoms with Crippen molar-refractivity contribution in [2.75, 3.05) is 19.7 Å². The Morgan fingerprint density at radius 2 is 2.03 bits per heavy atom. The molecule has 0 unspecified atom stereocenters. The minimum absolute atomic E-state index is 0.104. The Labute approximate surface area is 214 Å². The summed E-state index contributed by atoms with van der Waals surface area (Å²) in [5, 5.41) is 27.4. The zero-order chi connectivity index (χ0) is 26.2. The number of hydrogen-bond donors (Lipinski definition) is 2. The van der Waals surface area contributed by atoms with Gasteiger partial charge in [-0.3, -0.25) is 14.4 Å². The summed E-state index contributed by atoms with van der Waals surface area (Å²) in [6.45, 7) is 4.57. The van der Waals surface area contributed by atoms with Crippen LogP contribution in [0.4, 0.5) is 0 Å². The number of carboxylic acid groups (broad SMARTS) is 1. The molecule has 3 saturated heterocycles. The number of hydrogen-bond acceptors (Lipinski definition) is 7. The van der Waals surface area contributed by atoms with E-state index >= 15 is 0 Å². The topological polar surface area (TPSA) is 138 Å². The standard InChI is InChI=1S/C26H33N5O6/c1-2-13-29(16-31-18-10-6-5-9-17(18)27-28-31)24(34)22-26-12-11-19(37-26)20(25(35)36)21(26)23(33)30(22)14-7-3-4-8-15-32/h2,5-6,9-10,19-22,32H,1,3-4,7-8,11-16H2,(H,35,36)/t19-,20+,21+,22-,26+/m0/s1. The van der Waals surface area contributed by atoms with Crippen molar-refractivity contribution in [2.45, 2.75) is 62.9 Å². The molecule has 0 saturated carbocycles. The SMILES string of the molecule is C=CCN(Cn1nnc2ccccc21)C(=O)[C@@H]1N(CCCCCCO)C(=O)[C@H]2[C@H](C(=O)O)[C@@H]3CC[C@]12O3. The number of rotatable bonds is 12. The fourth-order valence-corrected chi connectivity index (χ4v) is 6.43. The van der Waals surface area contributed by atoms with Gasteiger partial charge in [0, 0.05) is 19.7 Å². The molecule has 3 aliphatic rings. The lowest BCUT2D eigenvalue weighted by atomic mass is 9.70. The summed E-state index contributed by atoms with van der Waals surface area (Å²) in [5.74, 6) is -3.52. The Bertz CT molecular complexity index is 1200. The van der Waals surface area contributed by atoms with Crippen molar-refractivity contribution in [1.82, 2.24) is 24.8 Å². The number of aliphatic hydroxyl groups is 1. The van der Waals surface area contributed by atoms with Crippen LogP contribution in [0.15, 0.2) is 36.9 Å². The van der Waals surface area contributed by atoms with E-state index in [1.54, 1.807) is 20.6 Å². The van der Waals surface area contributed by atoms with E-state index in [9.17, 15) is 19.5 Å². The van der Waals surface area contributed by atoms with Gasteiger partial charge in [-0.2, -0.15) is 0 Å². The van der Waals surface area contributed by atoms with Crippen LogP contribution in [0.1, 0.15) is 38.5 Å². The first kappa shape index (κ1) is 25.3. The Morgan fingerprint density at radius 1 is 1.24 bits per heavy atom. The molecule has 1 spiro atoms. The van der Waals surface area contributed by atoms with Gasteiger partial charge in [-0.05, 0) is 37.8 Å². The molecule has 1 aromatic carbocycles. The van der Waals surface area contributed by atoms with Gasteiger partial charge in [-0.25, -0.2) is 4.68 Å². The van der Waals surface area contributed by atoms with Crippen LogP contribution >= 0.6 is 0 Å². The summed E-state index contributed by atoms with van der Waals surface area (Å²) >= 11 is 0. The molecule has 5 atom stereocenters. The average molecular weight is 512 g/mol. The number of likely N-dealkylation sites (tertiary alicyclic amines) is 1. The van der Waals surface area contributed by atoms with Crippen LogP contribution in [0.5, 0.6) is 0 Å². The summed E-state index contributed by atoms with van der Waals surface area (Å²) in [6.07, 6.45) is 4.94. The van der Waals surface area contributed by atoms with Crippen molar-refractivity contribution in [2.24, 2.45) is 11.8 Å². The number of aliphatic hydroxyl groups excluding tert-OH is 1. The smallest absolute Gasteiger partial charge is 0.310 e. The fourth-order valence-electron chi connectivity index (χ4n) is 6.43. The van der Waals surface area contributed by atoms with E-state index in [1.807, 2.05) is 24.3 Å². The van der Waals surface area contributed by atoms with Crippen molar-refractivity contribution < 1.29 is 29.3 Å². The van der Waals surface area contributed by atoms with Crippen LogP contribution in [-0.2, 0) is 25.8 Å². The van der Waals surface area contributed by atoms with E-state index < -0.39 is 35.6 Å². The summed E-state index contributed by atoms with van der Waals surface area (Å²) in [6, 6.07) is 6.52. The number of ether oxygens (including phenoxy) is 1. The summed E-state index contributed by atoms with van der Waals surface area (Å²) in [4.78, 5) is 43.3. The van der Waals surface area contributed by atoms with Gasteiger partial charge in [-0.1, -0.05) is 36.3 Å². The number of unbranched alkanes of at least 4 members (excludes halogenated alkanes) is 3. The van der Waals surface area contributed by atoms with E-state index in [1.165, 1.54) is 0 Å². The second-order valence-corrected chi connectivity index (χ2v) is 10.1. The molecule has 11 nitrogen and oxygen atoms in total. The predicted molar refractivity (Wildman–Crippen MR) is 132 cm³/mol. The lowest BCUT2D eigenvalue weighted by Gasteiger charge is -2.36. The van der Waals surface area contributed by atoms with Crippen LogP contribution in [0.25, 0.3) is 11.0 Å². The molecule has 0 radical (unpaired) electrons. The molecule has 4 heterocycles. The van der Waals surface area contributed by atoms with E-state index in [0.717, 1.165) is 18.4 Å². The minimum Gasteiger partial charge on any atom is -0.481 e. The molecule has 1 aromatic heterocycles. The van der Waals surface area contributed by atoms with Crippen LogP contribution < -0.4 is 0 Å². The lowest BCUT2D eigenvalue weighted by molar-refractivity contribution is -0.151. The molecule has 11 heteroatoms. The zero-order valence-corrected chi connectivity index (χ0v) is 20.7. The van der Waals surface area contributed by atoms with Crippen LogP contribution in [0, 0.1) is 11.8 Å². The third-order valence-corrected chi connectivity index (χ3v) is 8.01. The van der Waals surface area contributed by atoms with Gasteiger partial charge in [0.05, 0.1) is 23.5 Å². The van der Waals surface area contributed by atoms with E-state index in [-0.39, 0.29) is 31.6 Å². The average Bonchev–Trinajstić information content (AvgIpc) is 3.63. The number of para-hydroxylation sites is 1. The highest BCUT2D eigenvalue weighted by atomic mass is 16.5. The molecule has 2 bridgehead atoms. The molecule has 5 rings (SSSR count). The zero-order valence-electron chi connectivity index (χ0n) is 20.7. The summed E-state index contributed by atoms with van der Waals surface area (Å²) < 4.78 is 7.92. The van der Waals surface area contributed by atoms with Gasteiger partial charge >= 0.3 is 5.97 Å². The van der Waals surface area contributed by atoms with Crippen molar-refractivity contribution in [3.05, 3.63) is 36.9 Å². The van der Waals surface area contributed by atoms with Gasteiger partial charge in [0.1, 0.15) is 23.8 Å². The Morgan fingerprint density at radius 3 is 2.78 bits per heavy atom. The van der Waals surface area contributed by atoms with Crippen LogP contribution in [0.2, 0.25) is 0 Å². The number of amides is 2. The van der Waals surface area contributed by atoms with Gasteiger partial charge in [0.25, 0.3) is 0 Å². The minimum atomic E-state index is -1.16. The molecule has 2 aromatic rings. The van der Waals surface area contributed by atoms with E-state index in [4.69, 9.17) is 9.84 Å². The maximum Gasteiger partial charge on any atom is 0.310 e. The number of nitrogens with zero attached hydrogens (tertiary/aromatic N) is 5. The Kier molecular flexibility index (Phi) is 7.00. The van der Waals surface area contributed by atoms with Crippen LogP contribution in [-0.4, -0.2) is 90.2 Å². The first-order chi connectivity index (χ1) is 17.9. The molecular weight excluding hydrogens is 478 g/mol. The van der Waals surface area contributed by atoms with Gasteiger partial charge in [0.15, 0.2) is 0 Å². The number of benzene rings is 1.